The largest absolute Gasteiger partial charge is 0.496 e. The molecular formula is C21H30N4O3. The van der Waals surface area contributed by atoms with Gasteiger partial charge in [0.1, 0.15) is 17.1 Å². The number of nitrogens with zero attached hydrogens (tertiary/aromatic N) is 4. The molecular weight excluding hydrogens is 356 g/mol. The lowest BCUT2D eigenvalue weighted by Crippen LogP contribution is -2.39. The second kappa shape index (κ2) is 8.65. The molecule has 1 atom stereocenters. The van der Waals surface area contributed by atoms with E-state index in [0.717, 1.165) is 37.2 Å². The van der Waals surface area contributed by atoms with Crippen molar-refractivity contribution < 1.29 is 14.3 Å². The van der Waals surface area contributed by atoms with E-state index in [1.54, 1.807) is 26.4 Å². The molecule has 1 saturated heterocycles. The second-order valence-corrected chi connectivity index (χ2v) is 7.47. The zero-order valence-corrected chi connectivity index (χ0v) is 17.4. The third kappa shape index (κ3) is 3.99. The van der Waals surface area contributed by atoms with E-state index in [-0.39, 0.29) is 11.9 Å². The maximum Gasteiger partial charge on any atom is 0.261 e. The standard InChI is InChI=1S/C21H30N4O3/c1-23(2)14-15-13-16(22-24(15)3)17-9-6-7-12-25(17)21(26)20-18(27-4)10-8-11-19(20)28-5/h8,10-11,13,17H,6-7,9,12,14H2,1-5H3/t17-/m0/s1. The van der Waals surface area contributed by atoms with Gasteiger partial charge in [0.05, 0.1) is 31.6 Å². The highest BCUT2D eigenvalue weighted by molar-refractivity contribution is 6.00. The van der Waals surface area contributed by atoms with Crippen LogP contribution in [0.1, 0.15) is 47.1 Å². The summed E-state index contributed by atoms with van der Waals surface area (Å²) in [5.41, 5.74) is 2.55. The summed E-state index contributed by atoms with van der Waals surface area (Å²) in [6.07, 6.45) is 2.97. The second-order valence-electron chi connectivity index (χ2n) is 7.47. The summed E-state index contributed by atoms with van der Waals surface area (Å²) in [6, 6.07) is 7.50. The number of carbonyl (C=O) groups is 1. The van der Waals surface area contributed by atoms with Crippen LogP contribution in [0.15, 0.2) is 24.3 Å². The van der Waals surface area contributed by atoms with Crippen LogP contribution in [0.25, 0.3) is 0 Å². The van der Waals surface area contributed by atoms with Crippen LogP contribution in [0.3, 0.4) is 0 Å². The number of amides is 1. The maximum absolute atomic E-state index is 13.5. The number of hydrogen-bond acceptors (Lipinski definition) is 5. The first-order valence-corrected chi connectivity index (χ1v) is 9.65. The van der Waals surface area contributed by atoms with Gasteiger partial charge in [-0.2, -0.15) is 5.10 Å². The first kappa shape index (κ1) is 20.2. The molecule has 0 bridgehead atoms. The number of ether oxygens (including phenoxy) is 2. The fraction of sp³-hybridized carbons (Fsp3) is 0.524. The van der Waals surface area contributed by atoms with E-state index in [9.17, 15) is 4.79 Å². The number of methoxy groups -OCH3 is 2. The average molecular weight is 386 g/mol. The molecule has 7 heteroatoms. The summed E-state index contributed by atoms with van der Waals surface area (Å²) in [4.78, 5) is 17.6. The van der Waals surface area contributed by atoms with Gasteiger partial charge in [-0.15, -0.1) is 0 Å². The van der Waals surface area contributed by atoms with Gasteiger partial charge in [0, 0.05) is 20.1 Å². The van der Waals surface area contributed by atoms with Gasteiger partial charge in [-0.1, -0.05) is 6.07 Å². The lowest BCUT2D eigenvalue weighted by Gasteiger charge is -2.35. The molecule has 1 aromatic heterocycles. The Morgan fingerprint density at radius 2 is 1.89 bits per heavy atom. The van der Waals surface area contributed by atoms with Gasteiger partial charge in [-0.3, -0.25) is 9.48 Å². The molecule has 1 fully saturated rings. The Morgan fingerprint density at radius 1 is 1.21 bits per heavy atom. The van der Waals surface area contributed by atoms with Crippen molar-refractivity contribution in [3.8, 4) is 11.5 Å². The molecule has 1 amide bonds. The number of aryl methyl sites for hydroxylation is 1. The Balaban J connectivity index is 1.96. The number of likely N-dealkylation sites (tertiary alicyclic amines) is 1. The molecule has 28 heavy (non-hydrogen) atoms. The molecule has 2 heterocycles. The quantitative estimate of drug-likeness (QED) is 0.764. The van der Waals surface area contributed by atoms with Crippen molar-refractivity contribution in [3.05, 3.63) is 41.2 Å². The molecule has 0 saturated carbocycles. The molecule has 1 aromatic carbocycles. The van der Waals surface area contributed by atoms with Crippen molar-refractivity contribution in [3.63, 3.8) is 0 Å². The predicted molar refractivity (Wildman–Crippen MR) is 108 cm³/mol. The van der Waals surface area contributed by atoms with Gasteiger partial charge < -0.3 is 19.3 Å². The fourth-order valence-electron chi connectivity index (χ4n) is 3.85. The fourth-order valence-corrected chi connectivity index (χ4v) is 3.85. The molecule has 3 rings (SSSR count). The smallest absolute Gasteiger partial charge is 0.261 e. The maximum atomic E-state index is 13.5. The van der Waals surface area contributed by atoms with E-state index in [1.807, 2.05) is 36.8 Å². The Kier molecular flexibility index (Phi) is 6.24. The highest BCUT2D eigenvalue weighted by Crippen LogP contribution is 2.36. The lowest BCUT2D eigenvalue weighted by atomic mass is 9.97. The van der Waals surface area contributed by atoms with Gasteiger partial charge in [-0.25, -0.2) is 0 Å². The summed E-state index contributed by atoms with van der Waals surface area (Å²) in [6.45, 7) is 1.51. The summed E-state index contributed by atoms with van der Waals surface area (Å²) < 4.78 is 12.8. The van der Waals surface area contributed by atoms with E-state index in [4.69, 9.17) is 14.6 Å². The average Bonchev–Trinajstić information content (AvgIpc) is 3.06. The number of benzene rings is 1. The summed E-state index contributed by atoms with van der Waals surface area (Å²) in [5.74, 6) is 0.991. The highest BCUT2D eigenvalue weighted by atomic mass is 16.5. The first-order valence-electron chi connectivity index (χ1n) is 9.65. The predicted octanol–water partition coefficient (Wildman–Crippen LogP) is 2.87. The molecule has 1 aliphatic rings. The molecule has 0 unspecified atom stereocenters. The van der Waals surface area contributed by atoms with Crippen LogP contribution in [0.2, 0.25) is 0 Å². The van der Waals surface area contributed by atoms with Gasteiger partial charge in [-0.05, 0) is 51.6 Å². The van der Waals surface area contributed by atoms with E-state index < -0.39 is 0 Å². The monoisotopic (exact) mass is 386 g/mol. The first-order chi connectivity index (χ1) is 13.5. The van der Waals surface area contributed by atoms with Crippen LogP contribution in [0, 0.1) is 0 Å². The van der Waals surface area contributed by atoms with Crippen molar-refractivity contribution >= 4 is 5.91 Å². The summed E-state index contributed by atoms with van der Waals surface area (Å²) in [7, 11) is 9.19. The van der Waals surface area contributed by atoms with Crippen molar-refractivity contribution in [1.82, 2.24) is 19.6 Å². The van der Waals surface area contributed by atoms with Crippen molar-refractivity contribution in [2.24, 2.45) is 7.05 Å². The van der Waals surface area contributed by atoms with Crippen molar-refractivity contribution in [2.45, 2.75) is 31.8 Å². The molecule has 1 aliphatic heterocycles. The number of piperidine rings is 1. The van der Waals surface area contributed by atoms with Crippen LogP contribution in [-0.2, 0) is 13.6 Å². The van der Waals surface area contributed by atoms with Crippen LogP contribution >= 0.6 is 0 Å². The minimum Gasteiger partial charge on any atom is -0.496 e. The molecule has 0 aliphatic carbocycles. The molecule has 0 spiro atoms. The summed E-state index contributed by atoms with van der Waals surface area (Å²) >= 11 is 0. The highest BCUT2D eigenvalue weighted by Gasteiger charge is 2.33. The van der Waals surface area contributed by atoms with Crippen molar-refractivity contribution in [2.75, 3.05) is 34.9 Å². The van der Waals surface area contributed by atoms with Crippen molar-refractivity contribution in [1.29, 1.82) is 0 Å². The normalized spacial score (nSPS) is 17.1. The SMILES string of the molecule is COc1cccc(OC)c1C(=O)N1CCCC[C@H]1c1cc(CN(C)C)n(C)n1. The number of carbonyl (C=O) groups excluding carboxylic acids is 1. The Bertz CT molecular complexity index is 809. The minimum atomic E-state index is -0.0705. The van der Waals surface area contributed by atoms with Crippen LogP contribution in [-0.4, -0.2) is 60.3 Å². The van der Waals surface area contributed by atoms with Crippen LogP contribution in [0.5, 0.6) is 11.5 Å². The third-order valence-electron chi connectivity index (χ3n) is 5.22. The van der Waals surface area contributed by atoms with Gasteiger partial charge >= 0.3 is 0 Å². The molecule has 7 nitrogen and oxygen atoms in total. The van der Waals surface area contributed by atoms with E-state index in [0.29, 0.717) is 23.6 Å². The van der Waals surface area contributed by atoms with Gasteiger partial charge in [0.2, 0.25) is 0 Å². The number of aromatic nitrogens is 2. The third-order valence-corrected chi connectivity index (χ3v) is 5.22. The van der Waals surface area contributed by atoms with E-state index >= 15 is 0 Å². The zero-order valence-electron chi connectivity index (χ0n) is 17.4. The van der Waals surface area contributed by atoms with Gasteiger partial charge in [0.25, 0.3) is 5.91 Å². The zero-order chi connectivity index (χ0) is 20.3. The molecule has 152 valence electrons. The van der Waals surface area contributed by atoms with Crippen LogP contribution < -0.4 is 9.47 Å². The van der Waals surface area contributed by atoms with E-state index in [2.05, 4.69) is 11.0 Å². The molecule has 0 N–H and O–H groups in total. The Morgan fingerprint density at radius 3 is 2.50 bits per heavy atom. The minimum absolute atomic E-state index is 0.0435. The topological polar surface area (TPSA) is 59.8 Å². The van der Waals surface area contributed by atoms with E-state index in [1.165, 1.54) is 0 Å². The number of rotatable bonds is 6. The van der Waals surface area contributed by atoms with Gasteiger partial charge in [0.15, 0.2) is 0 Å². The Hall–Kier alpha value is -2.54. The number of hydrogen-bond donors (Lipinski definition) is 0. The lowest BCUT2D eigenvalue weighted by molar-refractivity contribution is 0.0598. The molecule has 2 aromatic rings. The van der Waals surface area contributed by atoms with Crippen LogP contribution in [0.4, 0.5) is 0 Å². The Labute approximate surface area is 166 Å². The summed E-state index contributed by atoms with van der Waals surface area (Å²) in [5, 5.41) is 4.73. The molecule has 0 radical (unpaired) electrons.